The van der Waals surface area contributed by atoms with Crippen LogP contribution in [0.15, 0.2) is 59.5 Å². The first-order valence-electron chi connectivity index (χ1n) is 11.1. The molecule has 2 aromatic carbocycles. The average Bonchev–Trinajstić information content (AvgIpc) is 3.32. The molecule has 1 N–H and O–H groups in total. The van der Waals surface area contributed by atoms with Crippen molar-refractivity contribution in [3.63, 3.8) is 0 Å². The fourth-order valence-electron chi connectivity index (χ4n) is 4.62. The van der Waals surface area contributed by atoms with Crippen molar-refractivity contribution in [1.82, 2.24) is 9.62 Å². The molecule has 1 atom stereocenters. The van der Waals surface area contributed by atoms with Gasteiger partial charge in [-0.15, -0.1) is 0 Å². The van der Waals surface area contributed by atoms with Gasteiger partial charge in [-0.2, -0.15) is 4.31 Å². The van der Waals surface area contributed by atoms with Gasteiger partial charge in [0.05, 0.1) is 18.6 Å². The number of rotatable bonds is 6. The van der Waals surface area contributed by atoms with Crippen molar-refractivity contribution in [2.24, 2.45) is 0 Å². The summed E-state index contributed by atoms with van der Waals surface area (Å²) in [6.45, 7) is 1.13. The summed E-state index contributed by atoms with van der Waals surface area (Å²) in [5.74, 6) is -0.199. The van der Waals surface area contributed by atoms with E-state index in [-0.39, 0.29) is 29.9 Å². The number of carbonyl (C=O) groups is 2. The molecule has 1 heterocycles. The van der Waals surface area contributed by atoms with Gasteiger partial charge in [0.1, 0.15) is 11.3 Å². The molecule has 0 radical (unpaired) electrons. The van der Waals surface area contributed by atoms with Crippen molar-refractivity contribution in [3.05, 3.63) is 54.6 Å². The van der Waals surface area contributed by atoms with Crippen LogP contribution in [0.25, 0.3) is 0 Å². The predicted octanol–water partition coefficient (Wildman–Crippen LogP) is 2.55. The van der Waals surface area contributed by atoms with E-state index in [1.807, 2.05) is 0 Å². The van der Waals surface area contributed by atoms with Gasteiger partial charge in [0.15, 0.2) is 0 Å². The first-order valence-corrected chi connectivity index (χ1v) is 12.5. The van der Waals surface area contributed by atoms with Crippen LogP contribution in [0.4, 0.5) is 5.69 Å². The molecule has 176 valence electrons. The lowest BCUT2D eigenvalue weighted by Gasteiger charge is -2.47. The van der Waals surface area contributed by atoms with E-state index in [2.05, 4.69) is 5.32 Å². The Kier molecular flexibility index (Phi) is 6.45. The molecule has 8 nitrogen and oxygen atoms in total. The first kappa shape index (κ1) is 23.3. The zero-order chi connectivity index (χ0) is 23.6. The Balaban J connectivity index is 1.72. The zero-order valence-corrected chi connectivity index (χ0v) is 19.7. The number of nitrogens with one attached hydrogen (secondary N) is 1. The standard InChI is InChI=1S/C24H29N3O5S/c1-24(23(29)25-18-8-6-7-9-18)17-26(33(30,31)21-10-4-3-5-11-21)16-22(28)27(24)19-12-14-20(32-2)15-13-19/h3-5,10-15,18H,6-9,16-17H2,1-2H3,(H,25,29). The highest BCUT2D eigenvalue weighted by Crippen LogP contribution is 2.33. The van der Waals surface area contributed by atoms with Crippen LogP contribution in [-0.4, -0.2) is 56.3 Å². The summed E-state index contributed by atoms with van der Waals surface area (Å²) < 4.78 is 33.0. The monoisotopic (exact) mass is 471 g/mol. The number of hydrogen-bond acceptors (Lipinski definition) is 5. The maximum Gasteiger partial charge on any atom is 0.247 e. The SMILES string of the molecule is COc1ccc(N2C(=O)CN(S(=O)(=O)c3ccccc3)CC2(C)C(=O)NC2CCCC2)cc1. The fourth-order valence-corrected chi connectivity index (χ4v) is 6.12. The molecule has 9 heteroatoms. The number of carbonyl (C=O) groups excluding carboxylic acids is 2. The van der Waals surface area contributed by atoms with Crippen molar-refractivity contribution >= 4 is 27.5 Å². The van der Waals surface area contributed by atoms with Crippen LogP contribution in [0.1, 0.15) is 32.6 Å². The topological polar surface area (TPSA) is 96.0 Å². The molecule has 1 unspecified atom stereocenters. The summed E-state index contributed by atoms with van der Waals surface area (Å²) in [4.78, 5) is 28.5. The van der Waals surface area contributed by atoms with Crippen LogP contribution in [0, 0.1) is 0 Å². The summed E-state index contributed by atoms with van der Waals surface area (Å²) in [5, 5.41) is 3.06. The van der Waals surface area contributed by atoms with E-state index < -0.39 is 21.5 Å². The van der Waals surface area contributed by atoms with Crippen molar-refractivity contribution in [1.29, 1.82) is 0 Å². The van der Waals surface area contributed by atoms with Gasteiger partial charge < -0.3 is 10.1 Å². The number of benzene rings is 2. The van der Waals surface area contributed by atoms with Crippen molar-refractivity contribution < 1.29 is 22.7 Å². The number of nitrogens with zero attached hydrogens (tertiary/aromatic N) is 2. The van der Waals surface area contributed by atoms with Gasteiger partial charge >= 0.3 is 0 Å². The van der Waals surface area contributed by atoms with Gasteiger partial charge in [-0.05, 0) is 56.2 Å². The van der Waals surface area contributed by atoms with E-state index in [9.17, 15) is 18.0 Å². The average molecular weight is 472 g/mol. The lowest BCUT2D eigenvalue weighted by molar-refractivity contribution is -0.133. The summed E-state index contributed by atoms with van der Waals surface area (Å²) in [6, 6.07) is 14.8. The Bertz CT molecular complexity index is 1110. The first-order chi connectivity index (χ1) is 15.8. The lowest BCUT2D eigenvalue weighted by Crippen LogP contribution is -2.70. The molecule has 33 heavy (non-hydrogen) atoms. The molecule has 0 spiro atoms. The minimum atomic E-state index is -3.96. The van der Waals surface area contributed by atoms with Crippen LogP contribution in [0.3, 0.4) is 0 Å². The highest BCUT2D eigenvalue weighted by molar-refractivity contribution is 7.89. The third-order valence-electron chi connectivity index (χ3n) is 6.43. The molecular weight excluding hydrogens is 442 g/mol. The Labute approximate surface area is 194 Å². The van der Waals surface area contributed by atoms with E-state index >= 15 is 0 Å². The van der Waals surface area contributed by atoms with E-state index in [4.69, 9.17) is 4.74 Å². The minimum absolute atomic E-state index is 0.0308. The second-order valence-corrected chi connectivity index (χ2v) is 10.7. The third kappa shape index (κ3) is 4.47. The maximum absolute atomic E-state index is 13.6. The van der Waals surface area contributed by atoms with Crippen molar-refractivity contribution in [3.8, 4) is 5.75 Å². The Morgan fingerprint density at radius 1 is 1.06 bits per heavy atom. The lowest BCUT2D eigenvalue weighted by atomic mass is 9.94. The zero-order valence-electron chi connectivity index (χ0n) is 18.9. The molecule has 4 rings (SSSR count). The highest BCUT2D eigenvalue weighted by Gasteiger charge is 2.51. The second kappa shape index (κ2) is 9.15. The molecule has 1 aliphatic carbocycles. The van der Waals surface area contributed by atoms with E-state index in [1.54, 1.807) is 56.5 Å². The number of amides is 2. The van der Waals surface area contributed by atoms with E-state index in [1.165, 1.54) is 17.0 Å². The summed E-state index contributed by atoms with van der Waals surface area (Å²) >= 11 is 0. The van der Waals surface area contributed by atoms with Crippen LogP contribution < -0.4 is 15.0 Å². The van der Waals surface area contributed by atoms with Gasteiger partial charge in [0.2, 0.25) is 21.8 Å². The molecule has 0 aromatic heterocycles. The number of piperazine rings is 1. The molecule has 1 saturated heterocycles. The predicted molar refractivity (Wildman–Crippen MR) is 124 cm³/mol. The number of sulfonamides is 1. The second-order valence-electron chi connectivity index (χ2n) is 8.74. The van der Waals surface area contributed by atoms with E-state index in [0.717, 1.165) is 30.0 Å². The van der Waals surface area contributed by atoms with Crippen LogP contribution in [-0.2, 0) is 19.6 Å². The fraction of sp³-hybridized carbons (Fsp3) is 0.417. The van der Waals surface area contributed by atoms with Crippen LogP contribution in [0.5, 0.6) is 5.75 Å². The summed E-state index contributed by atoms with van der Waals surface area (Å²) in [7, 11) is -2.41. The van der Waals surface area contributed by atoms with Crippen molar-refractivity contribution in [2.45, 2.75) is 49.1 Å². The van der Waals surface area contributed by atoms with Gasteiger partial charge in [0, 0.05) is 18.3 Å². The largest absolute Gasteiger partial charge is 0.497 e. The van der Waals surface area contributed by atoms with Gasteiger partial charge in [-0.1, -0.05) is 31.0 Å². The smallest absolute Gasteiger partial charge is 0.247 e. The quantitative estimate of drug-likeness (QED) is 0.699. The maximum atomic E-state index is 13.6. The number of ether oxygens (including phenoxy) is 1. The van der Waals surface area contributed by atoms with Crippen LogP contribution >= 0.6 is 0 Å². The molecule has 2 aliphatic rings. The Morgan fingerprint density at radius 2 is 1.70 bits per heavy atom. The molecule has 1 aliphatic heterocycles. The molecule has 2 amide bonds. The van der Waals surface area contributed by atoms with Gasteiger partial charge in [-0.25, -0.2) is 8.42 Å². The normalized spacial score (nSPS) is 22.4. The van der Waals surface area contributed by atoms with Gasteiger partial charge in [0.25, 0.3) is 0 Å². The third-order valence-corrected chi connectivity index (χ3v) is 8.24. The van der Waals surface area contributed by atoms with Crippen LogP contribution in [0.2, 0.25) is 0 Å². The van der Waals surface area contributed by atoms with Gasteiger partial charge in [-0.3, -0.25) is 14.5 Å². The number of methoxy groups -OCH3 is 1. The molecule has 2 aromatic rings. The molecular formula is C24H29N3O5S. The highest BCUT2D eigenvalue weighted by atomic mass is 32.2. The number of anilines is 1. The molecule has 1 saturated carbocycles. The summed E-state index contributed by atoms with van der Waals surface area (Å²) in [6.07, 6.45) is 3.84. The minimum Gasteiger partial charge on any atom is -0.497 e. The molecule has 2 fully saturated rings. The molecule has 0 bridgehead atoms. The number of hydrogen-bond donors (Lipinski definition) is 1. The van der Waals surface area contributed by atoms with E-state index in [0.29, 0.717) is 11.4 Å². The summed E-state index contributed by atoms with van der Waals surface area (Å²) in [5.41, 5.74) is -0.907. The Morgan fingerprint density at radius 3 is 2.30 bits per heavy atom. The Hall–Kier alpha value is -2.91. The van der Waals surface area contributed by atoms with Crippen molar-refractivity contribution in [2.75, 3.05) is 25.1 Å².